The predicted octanol–water partition coefficient (Wildman–Crippen LogP) is 3.39. The summed E-state index contributed by atoms with van der Waals surface area (Å²) in [4.78, 5) is 24.2. The maximum absolute atomic E-state index is 12.7. The van der Waals surface area contributed by atoms with Crippen LogP contribution < -0.4 is 0 Å². The summed E-state index contributed by atoms with van der Waals surface area (Å²) in [5.41, 5.74) is 1.64. The number of likely N-dealkylation sites (tertiary alicyclic amines) is 1. The van der Waals surface area contributed by atoms with Gasteiger partial charge in [0.2, 0.25) is 0 Å². The lowest BCUT2D eigenvalue weighted by Crippen LogP contribution is -2.39. The number of hydrogen-bond donors (Lipinski definition) is 0. The van der Waals surface area contributed by atoms with Gasteiger partial charge in [0.15, 0.2) is 0 Å². The largest absolute Gasteiger partial charge is 0.338 e. The van der Waals surface area contributed by atoms with Crippen LogP contribution in [0.25, 0.3) is 10.7 Å². The topological polar surface area (TPSA) is 46.1 Å². The molecule has 1 fully saturated rings. The number of nitrogens with zero attached hydrogens (tertiary/aromatic N) is 3. The van der Waals surface area contributed by atoms with Crippen LogP contribution in [0.3, 0.4) is 0 Å². The quantitative estimate of drug-likeness (QED) is 0.854. The zero-order valence-electron chi connectivity index (χ0n) is 12.4. The second-order valence-corrected chi connectivity index (χ2v) is 6.65. The third-order valence-electron chi connectivity index (χ3n) is 3.82. The molecule has 0 radical (unpaired) electrons. The molecule has 3 heterocycles. The van der Waals surface area contributed by atoms with Crippen LogP contribution in [-0.2, 0) is 0 Å². The van der Waals surface area contributed by atoms with Gasteiger partial charge in [-0.05, 0) is 37.8 Å². The lowest BCUT2D eigenvalue weighted by Gasteiger charge is -2.30. The molecule has 1 aliphatic heterocycles. The fourth-order valence-electron chi connectivity index (χ4n) is 2.71. The number of piperidine rings is 1. The monoisotopic (exact) mass is 301 g/mol. The first-order valence-corrected chi connectivity index (χ1v) is 8.15. The fraction of sp³-hybridized carbons (Fsp3) is 0.438. The first-order chi connectivity index (χ1) is 10.1. The summed E-state index contributed by atoms with van der Waals surface area (Å²) in [5, 5.41) is 0.821. The van der Waals surface area contributed by atoms with Crippen LogP contribution in [0.4, 0.5) is 0 Å². The van der Waals surface area contributed by atoms with Gasteiger partial charge in [-0.1, -0.05) is 13.0 Å². The molecule has 1 atom stereocenters. The average Bonchev–Trinajstić information content (AvgIpc) is 2.89. The molecule has 0 aliphatic carbocycles. The Morgan fingerprint density at radius 1 is 1.43 bits per heavy atom. The van der Waals surface area contributed by atoms with Crippen LogP contribution in [0, 0.1) is 12.8 Å². The second-order valence-electron chi connectivity index (χ2n) is 5.65. The first kappa shape index (κ1) is 14.2. The zero-order valence-corrected chi connectivity index (χ0v) is 13.2. The van der Waals surface area contributed by atoms with Crippen molar-refractivity contribution < 1.29 is 4.79 Å². The summed E-state index contributed by atoms with van der Waals surface area (Å²) in [5.74, 6) is 0.713. The number of pyridine rings is 1. The maximum atomic E-state index is 12.7. The van der Waals surface area contributed by atoms with E-state index in [4.69, 9.17) is 0 Å². The van der Waals surface area contributed by atoms with Gasteiger partial charge in [0, 0.05) is 19.3 Å². The third kappa shape index (κ3) is 2.97. The van der Waals surface area contributed by atoms with Gasteiger partial charge < -0.3 is 4.90 Å². The van der Waals surface area contributed by atoms with Crippen LogP contribution in [0.2, 0.25) is 0 Å². The molecule has 0 spiro atoms. The Labute approximate surface area is 128 Å². The molecule has 4 nitrogen and oxygen atoms in total. The smallest absolute Gasteiger partial charge is 0.265 e. The highest BCUT2D eigenvalue weighted by molar-refractivity contribution is 7.17. The Morgan fingerprint density at radius 3 is 3.00 bits per heavy atom. The molecule has 2 aromatic heterocycles. The summed E-state index contributed by atoms with van der Waals surface area (Å²) in [7, 11) is 0. The van der Waals surface area contributed by atoms with Crippen molar-refractivity contribution in [2.45, 2.75) is 26.7 Å². The van der Waals surface area contributed by atoms with Crippen LogP contribution in [0.1, 0.15) is 35.1 Å². The molecule has 1 amide bonds. The van der Waals surface area contributed by atoms with Crippen molar-refractivity contribution in [3.05, 3.63) is 35.0 Å². The Kier molecular flexibility index (Phi) is 4.01. The molecule has 5 heteroatoms. The number of rotatable bonds is 2. The number of hydrogen-bond acceptors (Lipinski definition) is 4. The summed E-state index contributed by atoms with van der Waals surface area (Å²) >= 11 is 1.45. The number of carbonyl (C=O) groups excluding carboxylic acids is 1. The molecule has 21 heavy (non-hydrogen) atoms. The van der Waals surface area contributed by atoms with Gasteiger partial charge in [0.1, 0.15) is 9.88 Å². The molecular weight excluding hydrogens is 282 g/mol. The van der Waals surface area contributed by atoms with Gasteiger partial charge in [-0.25, -0.2) is 4.98 Å². The van der Waals surface area contributed by atoms with Crippen molar-refractivity contribution >= 4 is 17.2 Å². The van der Waals surface area contributed by atoms with E-state index in [1.807, 2.05) is 30.0 Å². The minimum atomic E-state index is 0.124. The minimum absolute atomic E-state index is 0.124. The second kappa shape index (κ2) is 5.93. The maximum Gasteiger partial charge on any atom is 0.265 e. The van der Waals surface area contributed by atoms with Gasteiger partial charge in [0.05, 0.1) is 11.4 Å². The third-order valence-corrected chi connectivity index (χ3v) is 4.99. The minimum Gasteiger partial charge on any atom is -0.338 e. The highest BCUT2D eigenvalue weighted by atomic mass is 32.1. The number of aryl methyl sites for hydroxylation is 1. The van der Waals surface area contributed by atoms with Crippen molar-refractivity contribution in [2.75, 3.05) is 13.1 Å². The van der Waals surface area contributed by atoms with Crippen LogP contribution >= 0.6 is 11.3 Å². The summed E-state index contributed by atoms with van der Waals surface area (Å²) < 4.78 is 0. The molecule has 110 valence electrons. The molecular formula is C16H19N3OS. The fourth-order valence-corrected chi connectivity index (χ4v) is 3.72. The lowest BCUT2D eigenvalue weighted by atomic mass is 10.0. The van der Waals surface area contributed by atoms with E-state index in [2.05, 4.69) is 16.9 Å². The molecule has 0 unspecified atom stereocenters. The molecule has 2 aromatic rings. The SMILES string of the molecule is Cc1nc(-c2ccccn2)sc1C(=O)N1CCC[C@@H](C)C1. The van der Waals surface area contributed by atoms with E-state index in [1.54, 1.807) is 6.20 Å². The summed E-state index contributed by atoms with van der Waals surface area (Å²) in [6.07, 6.45) is 4.06. The Bertz CT molecular complexity index is 638. The highest BCUT2D eigenvalue weighted by Gasteiger charge is 2.25. The number of amides is 1. The summed E-state index contributed by atoms with van der Waals surface area (Å²) in [6, 6.07) is 5.74. The Hall–Kier alpha value is -1.75. The number of carbonyl (C=O) groups is 1. The normalized spacial score (nSPS) is 18.8. The van der Waals surface area contributed by atoms with E-state index in [0.29, 0.717) is 5.92 Å². The molecule has 0 aromatic carbocycles. The van der Waals surface area contributed by atoms with E-state index in [1.165, 1.54) is 17.8 Å². The summed E-state index contributed by atoms with van der Waals surface area (Å²) in [6.45, 7) is 5.83. The van der Waals surface area contributed by atoms with Crippen molar-refractivity contribution in [1.29, 1.82) is 0 Å². The van der Waals surface area contributed by atoms with Gasteiger partial charge in [-0.3, -0.25) is 9.78 Å². The van der Waals surface area contributed by atoms with Crippen molar-refractivity contribution in [1.82, 2.24) is 14.9 Å². The Morgan fingerprint density at radius 2 is 2.29 bits per heavy atom. The lowest BCUT2D eigenvalue weighted by molar-refractivity contribution is 0.0687. The van der Waals surface area contributed by atoms with Gasteiger partial charge in [0.25, 0.3) is 5.91 Å². The average molecular weight is 301 g/mol. The first-order valence-electron chi connectivity index (χ1n) is 7.33. The van der Waals surface area contributed by atoms with E-state index in [0.717, 1.165) is 40.8 Å². The molecule has 0 bridgehead atoms. The van der Waals surface area contributed by atoms with E-state index in [9.17, 15) is 4.79 Å². The molecule has 1 aliphatic rings. The Balaban J connectivity index is 1.86. The van der Waals surface area contributed by atoms with Gasteiger partial charge >= 0.3 is 0 Å². The highest BCUT2D eigenvalue weighted by Crippen LogP contribution is 2.28. The zero-order chi connectivity index (χ0) is 14.8. The molecule has 1 saturated heterocycles. The van der Waals surface area contributed by atoms with Crippen LogP contribution in [0.5, 0.6) is 0 Å². The van der Waals surface area contributed by atoms with Gasteiger partial charge in [-0.15, -0.1) is 11.3 Å². The van der Waals surface area contributed by atoms with E-state index >= 15 is 0 Å². The van der Waals surface area contributed by atoms with Crippen LogP contribution in [-0.4, -0.2) is 33.9 Å². The van der Waals surface area contributed by atoms with Crippen molar-refractivity contribution in [3.8, 4) is 10.7 Å². The molecule has 0 saturated carbocycles. The van der Waals surface area contributed by atoms with E-state index in [-0.39, 0.29) is 5.91 Å². The van der Waals surface area contributed by atoms with Gasteiger partial charge in [-0.2, -0.15) is 0 Å². The molecule has 0 N–H and O–H groups in total. The van der Waals surface area contributed by atoms with E-state index < -0.39 is 0 Å². The van der Waals surface area contributed by atoms with Crippen molar-refractivity contribution in [3.63, 3.8) is 0 Å². The predicted molar refractivity (Wildman–Crippen MR) is 84.4 cm³/mol. The molecule has 3 rings (SSSR count). The standard InChI is InChI=1S/C16H19N3OS/c1-11-6-5-9-19(10-11)16(20)14-12(2)18-15(21-14)13-7-3-4-8-17-13/h3-4,7-8,11H,5-6,9-10H2,1-2H3/t11-/m1/s1. The number of aromatic nitrogens is 2. The van der Waals surface area contributed by atoms with Crippen LogP contribution in [0.15, 0.2) is 24.4 Å². The number of thiazole rings is 1. The van der Waals surface area contributed by atoms with Crippen molar-refractivity contribution in [2.24, 2.45) is 5.92 Å².